The molecule has 1 aromatic carbocycles. The standard InChI is InChI=1S/C13H21NO2/c1-3-13(16)11-5-7-12(8-6-11)14(4-2)9-10-15/h5-8,13,15-16H,3-4,9-10H2,1-2H3. The second kappa shape index (κ2) is 6.51. The van der Waals surface area contributed by atoms with Crippen LogP contribution in [0.4, 0.5) is 5.69 Å². The van der Waals surface area contributed by atoms with Crippen molar-refractivity contribution in [2.45, 2.75) is 26.4 Å². The highest BCUT2D eigenvalue weighted by Gasteiger charge is 2.06. The minimum atomic E-state index is -0.373. The van der Waals surface area contributed by atoms with Gasteiger partial charge in [0.15, 0.2) is 0 Å². The summed E-state index contributed by atoms with van der Waals surface area (Å²) < 4.78 is 0. The molecule has 1 atom stereocenters. The minimum absolute atomic E-state index is 0.160. The van der Waals surface area contributed by atoms with Crippen LogP contribution in [0.2, 0.25) is 0 Å². The Morgan fingerprint density at radius 1 is 1.19 bits per heavy atom. The van der Waals surface area contributed by atoms with Crippen molar-refractivity contribution in [2.24, 2.45) is 0 Å². The van der Waals surface area contributed by atoms with Gasteiger partial charge in [-0.1, -0.05) is 19.1 Å². The van der Waals surface area contributed by atoms with Gasteiger partial charge in [-0.3, -0.25) is 0 Å². The number of rotatable bonds is 6. The fraction of sp³-hybridized carbons (Fsp3) is 0.538. The molecule has 0 aliphatic carbocycles. The van der Waals surface area contributed by atoms with E-state index in [2.05, 4.69) is 11.8 Å². The molecule has 16 heavy (non-hydrogen) atoms. The third-order valence-corrected chi connectivity index (χ3v) is 2.78. The molecule has 0 heterocycles. The maximum absolute atomic E-state index is 9.67. The normalized spacial score (nSPS) is 12.5. The van der Waals surface area contributed by atoms with Crippen molar-refractivity contribution in [3.05, 3.63) is 29.8 Å². The number of aliphatic hydroxyl groups excluding tert-OH is 2. The number of benzene rings is 1. The maximum atomic E-state index is 9.67. The lowest BCUT2D eigenvalue weighted by atomic mass is 10.1. The number of hydrogen-bond acceptors (Lipinski definition) is 3. The molecule has 3 heteroatoms. The van der Waals surface area contributed by atoms with Gasteiger partial charge < -0.3 is 15.1 Å². The van der Waals surface area contributed by atoms with E-state index in [9.17, 15) is 5.11 Å². The van der Waals surface area contributed by atoms with Crippen LogP contribution < -0.4 is 4.90 Å². The highest BCUT2D eigenvalue weighted by atomic mass is 16.3. The van der Waals surface area contributed by atoms with Crippen LogP contribution in [0, 0.1) is 0 Å². The molecule has 1 unspecified atom stereocenters. The lowest BCUT2D eigenvalue weighted by Gasteiger charge is -2.22. The summed E-state index contributed by atoms with van der Waals surface area (Å²) in [5.74, 6) is 0. The molecule has 0 aromatic heterocycles. The predicted octanol–water partition coefficient (Wildman–Crippen LogP) is 1.95. The second-order valence-electron chi connectivity index (χ2n) is 3.82. The summed E-state index contributed by atoms with van der Waals surface area (Å²) in [4.78, 5) is 2.10. The number of nitrogens with zero attached hydrogens (tertiary/aromatic N) is 1. The number of hydrogen-bond donors (Lipinski definition) is 2. The van der Waals surface area contributed by atoms with Crippen LogP contribution in [0.25, 0.3) is 0 Å². The van der Waals surface area contributed by atoms with E-state index in [1.165, 1.54) is 0 Å². The van der Waals surface area contributed by atoms with Crippen LogP contribution in [0.3, 0.4) is 0 Å². The topological polar surface area (TPSA) is 43.7 Å². The van der Waals surface area contributed by atoms with Crippen molar-refractivity contribution in [3.63, 3.8) is 0 Å². The second-order valence-corrected chi connectivity index (χ2v) is 3.82. The lowest BCUT2D eigenvalue weighted by Crippen LogP contribution is -2.26. The van der Waals surface area contributed by atoms with Gasteiger partial charge in [0.2, 0.25) is 0 Å². The van der Waals surface area contributed by atoms with Crippen LogP contribution in [-0.4, -0.2) is 29.9 Å². The maximum Gasteiger partial charge on any atom is 0.0787 e. The molecule has 90 valence electrons. The Labute approximate surface area is 97.3 Å². The first-order valence-electron chi connectivity index (χ1n) is 5.86. The fourth-order valence-electron chi connectivity index (χ4n) is 1.73. The molecule has 0 aliphatic rings. The molecule has 0 spiro atoms. The predicted molar refractivity (Wildman–Crippen MR) is 66.7 cm³/mol. The Kier molecular flexibility index (Phi) is 5.29. The van der Waals surface area contributed by atoms with E-state index in [-0.39, 0.29) is 12.7 Å². The molecule has 0 saturated heterocycles. The molecule has 0 amide bonds. The van der Waals surface area contributed by atoms with E-state index in [0.29, 0.717) is 6.54 Å². The van der Waals surface area contributed by atoms with Crippen molar-refractivity contribution in [1.82, 2.24) is 0 Å². The Balaban J connectivity index is 2.76. The number of likely N-dealkylation sites (N-methyl/N-ethyl adjacent to an activating group) is 1. The summed E-state index contributed by atoms with van der Waals surface area (Å²) >= 11 is 0. The van der Waals surface area contributed by atoms with E-state index < -0.39 is 0 Å². The molecule has 1 aromatic rings. The van der Waals surface area contributed by atoms with Crippen molar-refractivity contribution < 1.29 is 10.2 Å². The van der Waals surface area contributed by atoms with Crippen LogP contribution in [0.15, 0.2) is 24.3 Å². The average Bonchev–Trinajstić information content (AvgIpc) is 2.35. The molecular weight excluding hydrogens is 202 g/mol. The molecule has 1 rings (SSSR count). The SMILES string of the molecule is CCC(O)c1ccc(N(CC)CCO)cc1. The molecule has 0 bridgehead atoms. The van der Waals surface area contributed by atoms with Crippen LogP contribution >= 0.6 is 0 Å². The molecule has 3 nitrogen and oxygen atoms in total. The highest BCUT2D eigenvalue weighted by Crippen LogP contribution is 2.20. The van der Waals surface area contributed by atoms with E-state index in [1.54, 1.807) is 0 Å². The summed E-state index contributed by atoms with van der Waals surface area (Å²) in [5.41, 5.74) is 2.04. The summed E-state index contributed by atoms with van der Waals surface area (Å²) in [5, 5.41) is 18.6. The lowest BCUT2D eigenvalue weighted by molar-refractivity contribution is 0.173. The molecule has 2 N–H and O–H groups in total. The van der Waals surface area contributed by atoms with Gasteiger partial charge in [0, 0.05) is 18.8 Å². The monoisotopic (exact) mass is 223 g/mol. The van der Waals surface area contributed by atoms with Crippen LogP contribution in [0.5, 0.6) is 0 Å². The van der Waals surface area contributed by atoms with E-state index in [1.807, 2.05) is 31.2 Å². The van der Waals surface area contributed by atoms with Gasteiger partial charge in [-0.25, -0.2) is 0 Å². The third kappa shape index (κ3) is 3.22. The number of aliphatic hydroxyl groups is 2. The molecule has 0 saturated carbocycles. The first-order chi connectivity index (χ1) is 7.72. The summed E-state index contributed by atoms with van der Waals surface area (Å²) in [7, 11) is 0. The highest BCUT2D eigenvalue weighted by molar-refractivity contribution is 5.47. The zero-order chi connectivity index (χ0) is 12.0. The van der Waals surface area contributed by atoms with Gasteiger partial charge in [0.1, 0.15) is 0 Å². The zero-order valence-electron chi connectivity index (χ0n) is 10.1. The molecule has 0 radical (unpaired) electrons. The zero-order valence-corrected chi connectivity index (χ0v) is 10.1. The Bertz CT molecular complexity index is 297. The quantitative estimate of drug-likeness (QED) is 0.774. The van der Waals surface area contributed by atoms with Crippen molar-refractivity contribution in [2.75, 3.05) is 24.6 Å². The van der Waals surface area contributed by atoms with Gasteiger partial charge in [-0.2, -0.15) is 0 Å². The van der Waals surface area contributed by atoms with Gasteiger partial charge in [0.25, 0.3) is 0 Å². The minimum Gasteiger partial charge on any atom is -0.395 e. The smallest absolute Gasteiger partial charge is 0.0787 e. The molecule has 0 fully saturated rings. The summed E-state index contributed by atoms with van der Waals surface area (Å²) in [6.07, 6.45) is 0.356. The van der Waals surface area contributed by atoms with E-state index >= 15 is 0 Å². The van der Waals surface area contributed by atoms with Crippen LogP contribution in [-0.2, 0) is 0 Å². The van der Waals surface area contributed by atoms with Crippen molar-refractivity contribution in [1.29, 1.82) is 0 Å². The summed E-state index contributed by atoms with van der Waals surface area (Å²) in [6, 6.07) is 7.88. The number of anilines is 1. The van der Waals surface area contributed by atoms with Gasteiger partial charge in [0.05, 0.1) is 12.7 Å². The third-order valence-electron chi connectivity index (χ3n) is 2.78. The average molecular weight is 223 g/mol. The largest absolute Gasteiger partial charge is 0.395 e. The van der Waals surface area contributed by atoms with Crippen LogP contribution in [0.1, 0.15) is 31.9 Å². The van der Waals surface area contributed by atoms with Crippen molar-refractivity contribution in [3.8, 4) is 0 Å². The Morgan fingerprint density at radius 2 is 1.81 bits per heavy atom. The van der Waals surface area contributed by atoms with Gasteiger partial charge in [-0.15, -0.1) is 0 Å². The summed E-state index contributed by atoms with van der Waals surface area (Å²) in [6.45, 7) is 5.70. The first kappa shape index (κ1) is 13.0. The molecule has 0 aliphatic heterocycles. The van der Waals surface area contributed by atoms with E-state index in [0.717, 1.165) is 24.2 Å². The fourth-order valence-corrected chi connectivity index (χ4v) is 1.73. The van der Waals surface area contributed by atoms with Gasteiger partial charge in [-0.05, 0) is 31.0 Å². The van der Waals surface area contributed by atoms with Crippen molar-refractivity contribution >= 4 is 5.69 Å². The first-order valence-corrected chi connectivity index (χ1v) is 5.86. The molecular formula is C13H21NO2. The Hall–Kier alpha value is -1.06. The van der Waals surface area contributed by atoms with Gasteiger partial charge >= 0.3 is 0 Å². The Morgan fingerprint density at radius 3 is 2.25 bits per heavy atom. The van der Waals surface area contributed by atoms with E-state index in [4.69, 9.17) is 5.11 Å².